The van der Waals surface area contributed by atoms with Crippen molar-refractivity contribution in [2.45, 2.75) is 26.7 Å². The molecule has 0 aromatic heterocycles. The zero-order valence-electron chi connectivity index (χ0n) is 7.89. The Bertz CT molecular complexity index is 140. The molecule has 12 heavy (non-hydrogen) atoms. The molecule has 0 aromatic carbocycles. The van der Waals surface area contributed by atoms with E-state index in [0.29, 0.717) is 13.0 Å². The Hall–Kier alpha value is -1.24. The molecule has 0 rings (SSSR count). The number of methoxy groups -OCH3 is 1. The summed E-state index contributed by atoms with van der Waals surface area (Å²) < 4.78 is 4.24. The molecule has 0 bridgehead atoms. The van der Waals surface area contributed by atoms with E-state index in [1.54, 1.807) is 0 Å². The maximum atomic E-state index is 10.2. The smallest absolute Gasteiger partial charge is 0.406 e. The normalized spacial score (nSPS) is 7.17. The Morgan fingerprint density at radius 1 is 1.58 bits per heavy atom. The fraction of sp³-hybridized carbons (Fsp3) is 0.750. The molecule has 0 spiro atoms. The van der Waals surface area contributed by atoms with Crippen molar-refractivity contribution in [1.82, 2.24) is 5.32 Å². The number of nitrogens with zero attached hydrogens (tertiary/aromatic N) is 1. The maximum Gasteiger partial charge on any atom is 0.406 e. The predicted octanol–water partition coefficient (Wildman–Crippen LogP) is 1.67. The van der Waals surface area contributed by atoms with E-state index >= 15 is 0 Å². The molecule has 0 aliphatic heterocycles. The van der Waals surface area contributed by atoms with Crippen molar-refractivity contribution < 1.29 is 9.53 Å². The number of nitrogens with one attached hydrogen (secondary N) is 1. The van der Waals surface area contributed by atoms with Crippen LogP contribution in [0.2, 0.25) is 0 Å². The average Bonchev–Trinajstić information content (AvgIpc) is 2.06. The minimum atomic E-state index is -0.495. The standard InChI is InChI=1S/C5H8N2O2.C3H8/c1-9-5(8)7-4-2-3-6;1-3-2/h2,4H2,1H3,(H,7,8);3H2,1-2H3. The minimum absolute atomic E-state index is 0.315. The molecule has 0 unspecified atom stereocenters. The quantitative estimate of drug-likeness (QED) is 0.644. The summed E-state index contributed by atoms with van der Waals surface area (Å²) in [5.41, 5.74) is 0. The summed E-state index contributed by atoms with van der Waals surface area (Å²) in [4.78, 5) is 10.2. The number of rotatable bonds is 2. The van der Waals surface area contributed by atoms with Crippen molar-refractivity contribution in [3.8, 4) is 6.07 Å². The van der Waals surface area contributed by atoms with E-state index in [4.69, 9.17) is 5.26 Å². The first-order valence-electron chi connectivity index (χ1n) is 3.91. The Balaban J connectivity index is 0. The van der Waals surface area contributed by atoms with Gasteiger partial charge in [0.25, 0.3) is 0 Å². The predicted molar refractivity (Wildman–Crippen MR) is 46.6 cm³/mol. The Morgan fingerprint density at radius 2 is 2.08 bits per heavy atom. The lowest BCUT2D eigenvalue weighted by atomic mass is 10.5. The summed E-state index contributed by atoms with van der Waals surface area (Å²) in [7, 11) is 1.28. The molecule has 4 nitrogen and oxygen atoms in total. The van der Waals surface area contributed by atoms with Gasteiger partial charge in [-0.2, -0.15) is 5.26 Å². The van der Waals surface area contributed by atoms with Gasteiger partial charge in [-0.15, -0.1) is 0 Å². The van der Waals surface area contributed by atoms with Crippen LogP contribution in [0.4, 0.5) is 4.79 Å². The molecule has 0 aliphatic rings. The maximum absolute atomic E-state index is 10.2. The van der Waals surface area contributed by atoms with E-state index in [9.17, 15) is 4.79 Å². The van der Waals surface area contributed by atoms with Gasteiger partial charge in [-0.25, -0.2) is 4.79 Å². The third-order valence-electron chi connectivity index (χ3n) is 0.692. The highest BCUT2D eigenvalue weighted by molar-refractivity contribution is 5.66. The summed E-state index contributed by atoms with van der Waals surface area (Å²) in [5.74, 6) is 0. The molecule has 0 aromatic rings. The van der Waals surface area contributed by atoms with Crippen molar-refractivity contribution >= 4 is 6.09 Å². The van der Waals surface area contributed by atoms with Crippen LogP contribution in [0.1, 0.15) is 26.7 Å². The second kappa shape index (κ2) is 12.4. The highest BCUT2D eigenvalue weighted by Gasteiger charge is 1.93. The number of nitriles is 1. The Kier molecular flexibility index (Phi) is 13.8. The number of carbonyl (C=O) groups excluding carboxylic acids is 1. The van der Waals surface area contributed by atoms with Crippen LogP contribution < -0.4 is 5.32 Å². The number of hydrogen-bond donors (Lipinski definition) is 1. The molecule has 0 atom stereocenters. The molecular weight excluding hydrogens is 156 g/mol. The molecule has 4 heteroatoms. The van der Waals surface area contributed by atoms with E-state index in [1.807, 2.05) is 6.07 Å². The molecule has 1 N–H and O–H groups in total. The van der Waals surface area contributed by atoms with Gasteiger partial charge in [-0.3, -0.25) is 0 Å². The van der Waals surface area contributed by atoms with E-state index < -0.39 is 6.09 Å². The highest BCUT2D eigenvalue weighted by Crippen LogP contribution is 1.73. The van der Waals surface area contributed by atoms with Crippen molar-refractivity contribution in [3.63, 3.8) is 0 Å². The second-order valence-electron chi connectivity index (χ2n) is 2.03. The number of ether oxygens (including phenoxy) is 1. The second-order valence-corrected chi connectivity index (χ2v) is 2.03. The van der Waals surface area contributed by atoms with Gasteiger partial charge in [0.05, 0.1) is 19.6 Å². The van der Waals surface area contributed by atoms with Crippen LogP contribution in [0.15, 0.2) is 0 Å². The molecule has 0 heterocycles. The first-order chi connectivity index (χ1) is 5.72. The molecule has 0 saturated carbocycles. The van der Waals surface area contributed by atoms with Gasteiger partial charge in [0, 0.05) is 6.54 Å². The van der Waals surface area contributed by atoms with Gasteiger partial charge in [0.15, 0.2) is 0 Å². The Morgan fingerprint density at radius 3 is 2.42 bits per heavy atom. The minimum Gasteiger partial charge on any atom is -0.453 e. The monoisotopic (exact) mass is 172 g/mol. The Labute approximate surface area is 73.5 Å². The van der Waals surface area contributed by atoms with Crippen LogP contribution >= 0.6 is 0 Å². The summed E-state index contributed by atoms with van der Waals surface area (Å²) >= 11 is 0. The van der Waals surface area contributed by atoms with E-state index in [-0.39, 0.29) is 0 Å². The van der Waals surface area contributed by atoms with Gasteiger partial charge in [0.2, 0.25) is 0 Å². The fourth-order valence-corrected chi connectivity index (χ4v) is 0.293. The van der Waals surface area contributed by atoms with Crippen molar-refractivity contribution in [1.29, 1.82) is 5.26 Å². The lowest BCUT2D eigenvalue weighted by Gasteiger charge is -1.97. The topological polar surface area (TPSA) is 62.1 Å². The number of amides is 1. The summed E-state index contributed by atoms with van der Waals surface area (Å²) in [6, 6.07) is 1.88. The van der Waals surface area contributed by atoms with E-state index in [2.05, 4.69) is 23.9 Å². The molecule has 0 aliphatic carbocycles. The molecule has 70 valence electrons. The summed E-state index contributed by atoms with van der Waals surface area (Å²) in [6.07, 6.45) is 1.07. The third kappa shape index (κ3) is 15.9. The van der Waals surface area contributed by atoms with Gasteiger partial charge >= 0.3 is 6.09 Å². The lowest BCUT2D eigenvalue weighted by molar-refractivity contribution is 0.171. The van der Waals surface area contributed by atoms with Gasteiger partial charge in [0.1, 0.15) is 0 Å². The summed E-state index contributed by atoms with van der Waals surface area (Å²) in [6.45, 7) is 4.60. The van der Waals surface area contributed by atoms with E-state index in [0.717, 1.165) is 0 Å². The first-order valence-corrected chi connectivity index (χ1v) is 3.91. The SMILES string of the molecule is CCC.COC(=O)NCCC#N. The van der Waals surface area contributed by atoms with Crippen LogP contribution in [0, 0.1) is 11.3 Å². The van der Waals surface area contributed by atoms with Gasteiger partial charge < -0.3 is 10.1 Å². The number of hydrogen-bond acceptors (Lipinski definition) is 3. The van der Waals surface area contributed by atoms with Crippen LogP contribution in [0.3, 0.4) is 0 Å². The third-order valence-corrected chi connectivity index (χ3v) is 0.692. The number of carbonyl (C=O) groups is 1. The lowest BCUT2D eigenvalue weighted by Crippen LogP contribution is -2.23. The molecular formula is C8H16N2O2. The van der Waals surface area contributed by atoms with Crippen molar-refractivity contribution in [2.24, 2.45) is 0 Å². The zero-order chi connectivity index (χ0) is 9.82. The van der Waals surface area contributed by atoms with E-state index in [1.165, 1.54) is 13.5 Å². The summed E-state index contributed by atoms with van der Waals surface area (Å²) in [5, 5.41) is 10.4. The molecule has 0 saturated heterocycles. The molecule has 0 radical (unpaired) electrons. The molecule has 0 fully saturated rings. The van der Waals surface area contributed by atoms with Crippen LogP contribution in [0.25, 0.3) is 0 Å². The van der Waals surface area contributed by atoms with Gasteiger partial charge in [-0.05, 0) is 0 Å². The molecule has 1 amide bonds. The van der Waals surface area contributed by atoms with Crippen LogP contribution in [-0.4, -0.2) is 19.7 Å². The van der Waals surface area contributed by atoms with Crippen LogP contribution in [-0.2, 0) is 4.74 Å². The van der Waals surface area contributed by atoms with Crippen molar-refractivity contribution in [3.05, 3.63) is 0 Å². The largest absolute Gasteiger partial charge is 0.453 e. The first kappa shape index (κ1) is 13.4. The average molecular weight is 172 g/mol. The fourth-order valence-electron chi connectivity index (χ4n) is 0.293. The van der Waals surface area contributed by atoms with Crippen molar-refractivity contribution in [2.75, 3.05) is 13.7 Å². The zero-order valence-corrected chi connectivity index (χ0v) is 7.89. The van der Waals surface area contributed by atoms with Gasteiger partial charge in [-0.1, -0.05) is 20.3 Å². The number of alkyl carbamates (subject to hydrolysis) is 1. The van der Waals surface area contributed by atoms with Crippen LogP contribution in [0.5, 0.6) is 0 Å². The highest BCUT2D eigenvalue weighted by atomic mass is 16.5.